The molecule has 0 atom stereocenters. The third-order valence-corrected chi connectivity index (χ3v) is 2.95. The van der Waals surface area contributed by atoms with Crippen molar-refractivity contribution in [1.82, 2.24) is 0 Å². The van der Waals surface area contributed by atoms with Gasteiger partial charge in [-0.05, 0) is 32.4 Å². The van der Waals surface area contributed by atoms with Crippen LogP contribution < -0.4 is 15.2 Å². The van der Waals surface area contributed by atoms with Gasteiger partial charge in [0.15, 0.2) is 11.5 Å². The minimum atomic E-state index is -0.325. The number of hydrogen-bond donors (Lipinski definition) is 1. The van der Waals surface area contributed by atoms with Crippen molar-refractivity contribution < 1.29 is 9.47 Å². The maximum Gasteiger partial charge on any atom is 0.165 e. The van der Waals surface area contributed by atoms with E-state index in [1.54, 1.807) is 0 Å². The van der Waals surface area contributed by atoms with Gasteiger partial charge in [0, 0.05) is 22.5 Å². The van der Waals surface area contributed by atoms with E-state index >= 15 is 0 Å². The Balaban J connectivity index is 2.42. The molecule has 17 heavy (non-hydrogen) atoms. The number of halogens is 1. The Morgan fingerprint density at radius 3 is 2.71 bits per heavy atom. The lowest BCUT2D eigenvalue weighted by Crippen LogP contribution is -2.34. The standard InChI is InChI=1S/C13H18ClNO2/c1-13(2,15)8-9-10(14)4-5-11-12(9)17-7-3-6-16-11/h4-5H,3,6-8,15H2,1-2H3. The molecule has 0 amide bonds. The molecule has 1 heterocycles. The highest BCUT2D eigenvalue weighted by molar-refractivity contribution is 6.31. The highest BCUT2D eigenvalue weighted by Gasteiger charge is 2.22. The molecule has 0 saturated heterocycles. The molecule has 1 aromatic carbocycles. The van der Waals surface area contributed by atoms with Crippen molar-refractivity contribution in [1.29, 1.82) is 0 Å². The minimum absolute atomic E-state index is 0.325. The maximum absolute atomic E-state index is 6.23. The van der Waals surface area contributed by atoms with Gasteiger partial charge in [0.1, 0.15) is 0 Å². The molecule has 0 unspecified atom stereocenters. The number of ether oxygens (including phenoxy) is 2. The van der Waals surface area contributed by atoms with Gasteiger partial charge in [-0.15, -0.1) is 0 Å². The van der Waals surface area contributed by atoms with E-state index < -0.39 is 0 Å². The molecule has 0 aromatic heterocycles. The SMILES string of the molecule is CC(C)(N)Cc1c(Cl)ccc2c1OCCCO2. The largest absolute Gasteiger partial charge is 0.490 e. The van der Waals surface area contributed by atoms with Gasteiger partial charge in [0.2, 0.25) is 0 Å². The summed E-state index contributed by atoms with van der Waals surface area (Å²) in [6.07, 6.45) is 1.55. The number of hydrogen-bond acceptors (Lipinski definition) is 3. The second kappa shape index (κ2) is 4.75. The van der Waals surface area contributed by atoms with Crippen LogP contribution in [-0.4, -0.2) is 18.8 Å². The van der Waals surface area contributed by atoms with Gasteiger partial charge < -0.3 is 15.2 Å². The molecule has 94 valence electrons. The van der Waals surface area contributed by atoms with Gasteiger partial charge in [-0.25, -0.2) is 0 Å². The van der Waals surface area contributed by atoms with Crippen molar-refractivity contribution in [2.75, 3.05) is 13.2 Å². The van der Waals surface area contributed by atoms with E-state index in [1.165, 1.54) is 0 Å². The van der Waals surface area contributed by atoms with Gasteiger partial charge in [0.05, 0.1) is 13.2 Å². The molecular weight excluding hydrogens is 238 g/mol. The molecule has 2 N–H and O–H groups in total. The van der Waals surface area contributed by atoms with Crippen molar-refractivity contribution in [3.8, 4) is 11.5 Å². The lowest BCUT2D eigenvalue weighted by atomic mass is 9.95. The first-order chi connectivity index (χ1) is 7.97. The van der Waals surface area contributed by atoms with Crippen molar-refractivity contribution in [3.05, 3.63) is 22.7 Å². The third kappa shape index (κ3) is 3.05. The predicted octanol–water partition coefficient (Wildman–Crippen LogP) is 2.78. The predicted molar refractivity (Wildman–Crippen MR) is 69.0 cm³/mol. The fourth-order valence-electron chi connectivity index (χ4n) is 1.89. The summed E-state index contributed by atoms with van der Waals surface area (Å²) in [5.74, 6) is 1.53. The first-order valence-electron chi connectivity index (χ1n) is 5.83. The topological polar surface area (TPSA) is 44.5 Å². The number of nitrogens with two attached hydrogens (primary N) is 1. The summed E-state index contributed by atoms with van der Waals surface area (Å²) in [6, 6.07) is 3.70. The van der Waals surface area contributed by atoms with Gasteiger partial charge >= 0.3 is 0 Å². The Labute approximate surface area is 107 Å². The Morgan fingerprint density at radius 2 is 2.00 bits per heavy atom. The molecule has 0 spiro atoms. The van der Waals surface area contributed by atoms with E-state index in [0.717, 1.165) is 23.5 Å². The molecule has 0 radical (unpaired) electrons. The normalized spacial score (nSPS) is 15.5. The molecule has 1 aliphatic rings. The zero-order valence-electron chi connectivity index (χ0n) is 10.3. The molecule has 2 rings (SSSR count). The summed E-state index contributed by atoms with van der Waals surface area (Å²) in [5, 5.41) is 0.688. The molecular formula is C13H18ClNO2. The quantitative estimate of drug-likeness (QED) is 0.884. The summed E-state index contributed by atoms with van der Waals surface area (Å²) in [7, 11) is 0. The molecule has 0 saturated carbocycles. The number of rotatable bonds is 2. The van der Waals surface area contributed by atoms with Crippen LogP contribution in [0.2, 0.25) is 5.02 Å². The Hall–Kier alpha value is -0.930. The van der Waals surface area contributed by atoms with Crippen molar-refractivity contribution in [3.63, 3.8) is 0 Å². The molecule has 0 fully saturated rings. The van der Waals surface area contributed by atoms with E-state index in [0.29, 0.717) is 24.7 Å². The van der Waals surface area contributed by atoms with Crippen LogP contribution in [0.25, 0.3) is 0 Å². The monoisotopic (exact) mass is 255 g/mol. The Kier molecular flexibility index (Phi) is 3.50. The lowest BCUT2D eigenvalue weighted by molar-refractivity contribution is 0.295. The average molecular weight is 256 g/mol. The minimum Gasteiger partial charge on any atom is -0.490 e. The molecule has 3 nitrogen and oxygen atoms in total. The second-order valence-corrected chi connectivity index (χ2v) is 5.48. The van der Waals surface area contributed by atoms with Crippen LogP contribution >= 0.6 is 11.6 Å². The fraction of sp³-hybridized carbons (Fsp3) is 0.538. The molecule has 4 heteroatoms. The maximum atomic E-state index is 6.23. The molecule has 1 aliphatic heterocycles. The Morgan fingerprint density at radius 1 is 1.29 bits per heavy atom. The van der Waals surface area contributed by atoms with E-state index in [4.69, 9.17) is 26.8 Å². The summed E-state index contributed by atoms with van der Waals surface area (Å²) >= 11 is 6.23. The van der Waals surface area contributed by atoms with E-state index in [1.807, 2.05) is 26.0 Å². The van der Waals surface area contributed by atoms with Crippen LogP contribution in [0.15, 0.2) is 12.1 Å². The number of benzene rings is 1. The second-order valence-electron chi connectivity index (χ2n) is 5.07. The Bertz CT molecular complexity index is 413. The summed E-state index contributed by atoms with van der Waals surface area (Å²) in [6.45, 7) is 5.28. The first kappa shape index (κ1) is 12.5. The zero-order chi connectivity index (χ0) is 12.5. The summed E-state index contributed by atoms with van der Waals surface area (Å²) in [4.78, 5) is 0. The van der Waals surface area contributed by atoms with Crippen molar-refractivity contribution >= 4 is 11.6 Å². The van der Waals surface area contributed by atoms with E-state index in [9.17, 15) is 0 Å². The third-order valence-electron chi connectivity index (χ3n) is 2.59. The van der Waals surface area contributed by atoms with Crippen LogP contribution in [0, 0.1) is 0 Å². The highest BCUT2D eigenvalue weighted by Crippen LogP contribution is 2.39. The highest BCUT2D eigenvalue weighted by atomic mass is 35.5. The van der Waals surface area contributed by atoms with Crippen LogP contribution in [0.1, 0.15) is 25.8 Å². The lowest BCUT2D eigenvalue weighted by Gasteiger charge is -2.22. The van der Waals surface area contributed by atoms with Gasteiger partial charge in [-0.2, -0.15) is 0 Å². The van der Waals surface area contributed by atoms with Crippen LogP contribution in [0.4, 0.5) is 0 Å². The number of fused-ring (bicyclic) bond motifs is 1. The van der Waals surface area contributed by atoms with Crippen LogP contribution in [0.3, 0.4) is 0 Å². The summed E-state index contributed by atoms with van der Waals surface area (Å²) in [5.41, 5.74) is 6.67. The molecule has 1 aromatic rings. The average Bonchev–Trinajstić information content (AvgIpc) is 2.46. The van der Waals surface area contributed by atoms with Crippen LogP contribution in [-0.2, 0) is 6.42 Å². The van der Waals surface area contributed by atoms with Crippen molar-refractivity contribution in [2.24, 2.45) is 5.73 Å². The van der Waals surface area contributed by atoms with Crippen molar-refractivity contribution in [2.45, 2.75) is 32.2 Å². The van der Waals surface area contributed by atoms with E-state index in [-0.39, 0.29) is 5.54 Å². The summed E-state index contributed by atoms with van der Waals surface area (Å²) < 4.78 is 11.4. The molecule has 0 bridgehead atoms. The van der Waals surface area contributed by atoms with E-state index in [2.05, 4.69) is 0 Å². The van der Waals surface area contributed by atoms with Gasteiger partial charge in [0.25, 0.3) is 0 Å². The zero-order valence-corrected chi connectivity index (χ0v) is 11.0. The fourth-order valence-corrected chi connectivity index (χ4v) is 2.11. The smallest absolute Gasteiger partial charge is 0.165 e. The molecule has 0 aliphatic carbocycles. The van der Waals surface area contributed by atoms with Gasteiger partial charge in [-0.1, -0.05) is 11.6 Å². The first-order valence-corrected chi connectivity index (χ1v) is 6.21. The van der Waals surface area contributed by atoms with Crippen LogP contribution in [0.5, 0.6) is 11.5 Å². The van der Waals surface area contributed by atoms with Gasteiger partial charge in [-0.3, -0.25) is 0 Å².